The summed E-state index contributed by atoms with van der Waals surface area (Å²) < 4.78 is 0. The third-order valence-electron chi connectivity index (χ3n) is 5.28. The number of nitro groups is 1. The molecule has 6 heteroatoms. The molecule has 0 aromatic heterocycles. The van der Waals surface area contributed by atoms with Crippen molar-refractivity contribution in [3.63, 3.8) is 0 Å². The summed E-state index contributed by atoms with van der Waals surface area (Å²) in [6, 6.07) is 5.28. The Morgan fingerprint density at radius 1 is 1.12 bits per heavy atom. The average molecular weight is 363 g/mol. The molecule has 134 valence electrons. The van der Waals surface area contributed by atoms with Gasteiger partial charge in [-0.1, -0.05) is 43.4 Å². The van der Waals surface area contributed by atoms with E-state index in [4.69, 9.17) is 11.6 Å². The summed E-state index contributed by atoms with van der Waals surface area (Å²) in [5.41, 5.74) is 0.474. The van der Waals surface area contributed by atoms with Crippen molar-refractivity contribution in [1.82, 2.24) is 4.90 Å². The van der Waals surface area contributed by atoms with Crippen LogP contribution in [-0.4, -0.2) is 27.8 Å². The van der Waals surface area contributed by atoms with Crippen LogP contribution < -0.4 is 0 Å². The molecule has 2 aliphatic rings. The highest BCUT2D eigenvalue weighted by molar-refractivity contribution is 6.32. The Balaban J connectivity index is 1.77. The van der Waals surface area contributed by atoms with E-state index in [1.807, 2.05) is 0 Å². The summed E-state index contributed by atoms with van der Waals surface area (Å²) in [5, 5.41) is 11.1. The largest absolute Gasteiger partial charge is 0.333 e. The first-order valence-electron chi connectivity index (χ1n) is 9.00. The first-order chi connectivity index (χ1) is 12.1. The molecule has 0 spiro atoms. The number of hydrogen-bond acceptors (Lipinski definition) is 3. The summed E-state index contributed by atoms with van der Waals surface area (Å²) in [4.78, 5) is 25.4. The third kappa shape index (κ3) is 4.21. The minimum atomic E-state index is -0.509. The minimum Gasteiger partial charge on any atom is -0.333 e. The van der Waals surface area contributed by atoms with Gasteiger partial charge in [0.05, 0.1) is 4.92 Å². The van der Waals surface area contributed by atoms with Crippen LogP contribution in [0.2, 0.25) is 5.02 Å². The number of halogens is 1. The number of benzene rings is 1. The summed E-state index contributed by atoms with van der Waals surface area (Å²) >= 11 is 5.84. The molecule has 1 amide bonds. The predicted octanol–water partition coefficient (Wildman–Crippen LogP) is 4.98. The van der Waals surface area contributed by atoms with Crippen LogP contribution in [0.4, 0.5) is 5.69 Å². The Morgan fingerprint density at radius 3 is 2.20 bits per heavy atom. The number of amides is 1. The maximum atomic E-state index is 12.9. The molecule has 0 bridgehead atoms. The van der Waals surface area contributed by atoms with Crippen LogP contribution >= 0.6 is 11.6 Å². The fraction of sp³-hybridized carbons (Fsp3) is 0.526. The maximum absolute atomic E-state index is 12.9. The van der Waals surface area contributed by atoms with Gasteiger partial charge in [-0.05, 0) is 43.4 Å². The van der Waals surface area contributed by atoms with Gasteiger partial charge in [0, 0.05) is 24.2 Å². The van der Waals surface area contributed by atoms with Gasteiger partial charge in [0.2, 0.25) is 5.91 Å². The highest BCUT2D eigenvalue weighted by Gasteiger charge is 2.32. The van der Waals surface area contributed by atoms with Gasteiger partial charge in [-0.3, -0.25) is 14.9 Å². The predicted molar refractivity (Wildman–Crippen MR) is 98.5 cm³/mol. The van der Waals surface area contributed by atoms with E-state index >= 15 is 0 Å². The lowest BCUT2D eigenvalue weighted by atomic mass is 10.1. The number of carbonyl (C=O) groups is 1. The second kappa shape index (κ2) is 8.00. The van der Waals surface area contributed by atoms with Gasteiger partial charge in [0.25, 0.3) is 5.69 Å². The van der Waals surface area contributed by atoms with Crippen molar-refractivity contribution in [3.8, 4) is 0 Å². The molecule has 0 radical (unpaired) electrons. The zero-order chi connectivity index (χ0) is 17.8. The van der Waals surface area contributed by atoms with E-state index in [1.54, 1.807) is 18.2 Å². The van der Waals surface area contributed by atoms with E-state index in [1.165, 1.54) is 37.8 Å². The first kappa shape index (κ1) is 17.9. The molecule has 2 fully saturated rings. The summed E-state index contributed by atoms with van der Waals surface area (Å²) in [6.45, 7) is 0. The molecular formula is C19H23ClN2O3. The molecule has 1 aromatic carbocycles. The van der Waals surface area contributed by atoms with Crippen molar-refractivity contribution in [3.05, 3.63) is 45.0 Å². The Kier molecular flexibility index (Phi) is 5.74. The highest BCUT2D eigenvalue weighted by atomic mass is 35.5. The van der Waals surface area contributed by atoms with Gasteiger partial charge in [-0.15, -0.1) is 0 Å². The van der Waals surface area contributed by atoms with Crippen LogP contribution in [0.1, 0.15) is 56.9 Å². The molecule has 2 aliphatic carbocycles. The van der Waals surface area contributed by atoms with Crippen LogP contribution in [-0.2, 0) is 4.79 Å². The monoisotopic (exact) mass is 362 g/mol. The summed E-state index contributed by atoms with van der Waals surface area (Å²) in [5.74, 6) is 0.0244. The maximum Gasteiger partial charge on any atom is 0.288 e. The Hall–Kier alpha value is -1.88. The van der Waals surface area contributed by atoms with Gasteiger partial charge in [-0.25, -0.2) is 0 Å². The van der Waals surface area contributed by atoms with Crippen molar-refractivity contribution in [1.29, 1.82) is 0 Å². The molecule has 0 saturated heterocycles. The Morgan fingerprint density at radius 2 is 1.68 bits per heavy atom. The lowest BCUT2D eigenvalue weighted by molar-refractivity contribution is -0.384. The second-order valence-corrected chi connectivity index (χ2v) is 7.33. The second-order valence-electron chi connectivity index (χ2n) is 6.92. The molecule has 0 N–H and O–H groups in total. The van der Waals surface area contributed by atoms with Crippen LogP contribution in [0.15, 0.2) is 24.3 Å². The van der Waals surface area contributed by atoms with Gasteiger partial charge >= 0.3 is 0 Å². The van der Waals surface area contributed by atoms with Crippen molar-refractivity contribution >= 4 is 29.3 Å². The fourth-order valence-electron chi connectivity index (χ4n) is 4.05. The van der Waals surface area contributed by atoms with Crippen LogP contribution in [0.5, 0.6) is 0 Å². The van der Waals surface area contributed by atoms with Gasteiger partial charge in [0.15, 0.2) is 0 Å². The highest BCUT2D eigenvalue weighted by Crippen LogP contribution is 2.32. The molecule has 0 heterocycles. The zero-order valence-corrected chi connectivity index (χ0v) is 15.0. The molecule has 25 heavy (non-hydrogen) atoms. The van der Waals surface area contributed by atoms with Crippen molar-refractivity contribution in [2.24, 2.45) is 0 Å². The molecule has 5 nitrogen and oxygen atoms in total. The fourth-order valence-corrected chi connectivity index (χ4v) is 4.24. The van der Waals surface area contributed by atoms with Gasteiger partial charge < -0.3 is 4.90 Å². The van der Waals surface area contributed by atoms with E-state index in [0.717, 1.165) is 25.7 Å². The number of rotatable bonds is 5. The quantitative estimate of drug-likeness (QED) is 0.421. The smallest absolute Gasteiger partial charge is 0.288 e. The number of carbonyl (C=O) groups excluding carboxylic acids is 1. The molecule has 2 saturated carbocycles. The molecular weight excluding hydrogens is 340 g/mol. The Bertz CT molecular complexity index is 661. The van der Waals surface area contributed by atoms with E-state index in [2.05, 4.69) is 4.90 Å². The molecule has 0 atom stereocenters. The van der Waals surface area contributed by atoms with Crippen LogP contribution in [0, 0.1) is 10.1 Å². The van der Waals surface area contributed by atoms with Gasteiger partial charge in [0.1, 0.15) is 5.02 Å². The number of nitrogens with zero attached hydrogens (tertiary/aromatic N) is 2. The summed E-state index contributed by atoms with van der Waals surface area (Å²) in [6.07, 6.45) is 12.3. The number of hydrogen-bond donors (Lipinski definition) is 0. The normalized spacial score (nSPS) is 18.9. The van der Waals surface area contributed by atoms with Crippen molar-refractivity contribution < 1.29 is 9.72 Å². The van der Waals surface area contributed by atoms with E-state index < -0.39 is 4.92 Å². The van der Waals surface area contributed by atoms with Crippen molar-refractivity contribution in [2.45, 2.75) is 63.5 Å². The molecule has 0 unspecified atom stereocenters. The third-order valence-corrected chi connectivity index (χ3v) is 5.60. The van der Waals surface area contributed by atoms with E-state index in [0.29, 0.717) is 17.6 Å². The molecule has 3 rings (SSSR count). The average Bonchev–Trinajstić information content (AvgIpc) is 3.28. The topological polar surface area (TPSA) is 63.4 Å². The van der Waals surface area contributed by atoms with Gasteiger partial charge in [-0.2, -0.15) is 0 Å². The molecule has 0 aliphatic heterocycles. The minimum absolute atomic E-state index is 0.0244. The Labute approximate surface area is 152 Å². The van der Waals surface area contributed by atoms with Crippen LogP contribution in [0.3, 0.4) is 0 Å². The number of nitro benzene ring substituents is 1. The van der Waals surface area contributed by atoms with E-state index in [9.17, 15) is 14.9 Å². The van der Waals surface area contributed by atoms with Crippen LogP contribution in [0.25, 0.3) is 6.08 Å². The molecule has 1 aromatic rings. The first-order valence-corrected chi connectivity index (χ1v) is 9.38. The van der Waals surface area contributed by atoms with Crippen molar-refractivity contribution in [2.75, 3.05) is 0 Å². The standard InChI is InChI=1S/C19H23ClN2O3/c20-17-11-9-14(13-18(17)22(24)25)10-12-19(23)21(15-5-1-2-6-15)16-7-3-4-8-16/h9-13,15-16H,1-8H2/b12-10+. The lowest BCUT2D eigenvalue weighted by Gasteiger charge is -2.33. The van der Waals surface area contributed by atoms with E-state index in [-0.39, 0.29) is 16.6 Å². The zero-order valence-electron chi connectivity index (χ0n) is 14.2. The summed E-state index contributed by atoms with van der Waals surface area (Å²) in [7, 11) is 0. The SMILES string of the molecule is O=C(/C=C/c1ccc(Cl)c([N+](=O)[O-])c1)N(C1CCCC1)C1CCCC1. The lowest BCUT2D eigenvalue weighted by Crippen LogP contribution is -2.44.